The molecule has 9 nitrogen and oxygen atoms in total. The zero-order valence-electron chi connectivity index (χ0n) is 16.3. The normalized spacial score (nSPS) is 20.9. The zero-order valence-corrected chi connectivity index (χ0v) is 18.6. The highest BCUT2D eigenvalue weighted by molar-refractivity contribution is 7.89. The van der Waals surface area contributed by atoms with Crippen LogP contribution in [0.1, 0.15) is 17.7 Å². The highest BCUT2D eigenvalue weighted by Gasteiger charge is 2.41. The minimum Gasteiger partial charge on any atom is -0.378 e. The third-order valence-electron chi connectivity index (χ3n) is 5.08. The van der Waals surface area contributed by atoms with Gasteiger partial charge in [-0.25, -0.2) is 13.1 Å². The summed E-state index contributed by atoms with van der Waals surface area (Å²) in [6.07, 6.45) is 0.408. The summed E-state index contributed by atoms with van der Waals surface area (Å²) in [6, 6.07) is 3.61. The largest absolute Gasteiger partial charge is 0.378 e. The monoisotopic (exact) mass is 474 g/mol. The van der Waals surface area contributed by atoms with Crippen molar-refractivity contribution in [3.05, 3.63) is 21.3 Å². The molecule has 1 unspecified atom stereocenters. The van der Waals surface area contributed by atoms with Gasteiger partial charge in [0.25, 0.3) is 0 Å². The van der Waals surface area contributed by atoms with Crippen LogP contribution in [0.25, 0.3) is 0 Å². The van der Waals surface area contributed by atoms with Crippen LogP contribution in [0.3, 0.4) is 0 Å². The predicted molar refractivity (Wildman–Crippen MR) is 111 cm³/mol. The number of carbonyl (C=O) groups is 2. The molecule has 2 aliphatic rings. The predicted octanol–water partition coefficient (Wildman–Crippen LogP) is 0.605. The SMILES string of the molecule is N#CCC(C(=O)N1CCOCC1)N1CC[C@H](NS(=O)(=O)CCc2ccc(Cl)s2)C1=O. The number of thiophene rings is 1. The Kier molecular flexibility index (Phi) is 7.70. The summed E-state index contributed by atoms with van der Waals surface area (Å²) < 4.78 is 33.2. The van der Waals surface area contributed by atoms with Crippen LogP contribution in [0.4, 0.5) is 0 Å². The van der Waals surface area contributed by atoms with Crippen LogP contribution in [-0.4, -0.2) is 80.7 Å². The number of halogens is 1. The maximum absolute atomic E-state index is 12.9. The molecule has 3 heterocycles. The van der Waals surface area contributed by atoms with Gasteiger partial charge in [-0.05, 0) is 25.0 Å². The Morgan fingerprint density at radius 1 is 1.37 bits per heavy atom. The van der Waals surface area contributed by atoms with E-state index in [-0.39, 0.29) is 31.0 Å². The Labute approximate surface area is 184 Å². The smallest absolute Gasteiger partial charge is 0.246 e. The van der Waals surface area contributed by atoms with Crippen LogP contribution in [0.2, 0.25) is 4.34 Å². The number of carbonyl (C=O) groups excluding carboxylic acids is 2. The number of nitriles is 1. The number of rotatable bonds is 8. The highest BCUT2D eigenvalue weighted by atomic mass is 35.5. The lowest BCUT2D eigenvalue weighted by Crippen LogP contribution is -2.53. The Bertz CT molecular complexity index is 923. The first-order valence-corrected chi connectivity index (χ1v) is 12.4. The summed E-state index contributed by atoms with van der Waals surface area (Å²) in [5.74, 6) is -0.937. The summed E-state index contributed by atoms with van der Waals surface area (Å²) >= 11 is 7.18. The van der Waals surface area contributed by atoms with Gasteiger partial charge in [0.15, 0.2) is 0 Å². The van der Waals surface area contributed by atoms with Crippen molar-refractivity contribution in [3.63, 3.8) is 0 Å². The van der Waals surface area contributed by atoms with Gasteiger partial charge in [0.2, 0.25) is 21.8 Å². The van der Waals surface area contributed by atoms with Crippen LogP contribution in [-0.2, 0) is 30.8 Å². The zero-order chi connectivity index (χ0) is 21.7. The van der Waals surface area contributed by atoms with E-state index in [1.54, 1.807) is 17.0 Å². The quantitative estimate of drug-likeness (QED) is 0.589. The van der Waals surface area contributed by atoms with Crippen LogP contribution in [0, 0.1) is 11.3 Å². The number of ether oxygens (including phenoxy) is 1. The summed E-state index contributed by atoms with van der Waals surface area (Å²) in [4.78, 5) is 29.4. The van der Waals surface area contributed by atoms with E-state index in [2.05, 4.69) is 4.72 Å². The van der Waals surface area contributed by atoms with Crippen molar-refractivity contribution in [2.45, 2.75) is 31.3 Å². The molecule has 1 aromatic heterocycles. The van der Waals surface area contributed by atoms with Crippen molar-refractivity contribution in [2.24, 2.45) is 0 Å². The van der Waals surface area contributed by atoms with E-state index < -0.39 is 28.0 Å². The fraction of sp³-hybridized carbons (Fsp3) is 0.611. The highest BCUT2D eigenvalue weighted by Crippen LogP contribution is 2.23. The Morgan fingerprint density at radius 2 is 2.10 bits per heavy atom. The van der Waals surface area contributed by atoms with E-state index in [1.807, 2.05) is 6.07 Å². The van der Waals surface area contributed by atoms with Gasteiger partial charge in [-0.15, -0.1) is 11.3 Å². The second-order valence-electron chi connectivity index (χ2n) is 7.08. The first-order chi connectivity index (χ1) is 14.3. The molecule has 0 aromatic carbocycles. The van der Waals surface area contributed by atoms with Crippen molar-refractivity contribution in [3.8, 4) is 6.07 Å². The third-order valence-corrected chi connectivity index (χ3v) is 7.75. The summed E-state index contributed by atoms with van der Waals surface area (Å²) in [7, 11) is -3.70. The fourth-order valence-electron chi connectivity index (χ4n) is 3.53. The van der Waals surface area contributed by atoms with Crippen LogP contribution >= 0.6 is 22.9 Å². The molecule has 30 heavy (non-hydrogen) atoms. The Hall–Kier alpha value is -1.71. The molecule has 12 heteroatoms. The molecule has 0 bridgehead atoms. The van der Waals surface area contributed by atoms with Gasteiger partial charge >= 0.3 is 0 Å². The lowest BCUT2D eigenvalue weighted by atomic mass is 10.1. The fourth-order valence-corrected chi connectivity index (χ4v) is 6.00. The standard InChI is InChI=1S/C18H23ClN4O5S2/c19-16-2-1-13(29-16)5-12-30(26,27)21-14-4-7-23(17(14)24)15(3-6-20)18(25)22-8-10-28-11-9-22/h1-2,14-15,21H,3-5,7-12H2/t14-,15?/m0/s1. The van der Waals surface area contributed by atoms with Crippen LogP contribution < -0.4 is 4.72 Å². The van der Waals surface area contributed by atoms with E-state index in [4.69, 9.17) is 21.6 Å². The molecule has 2 aliphatic heterocycles. The number of aryl methyl sites for hydroxylation is 1. The molecule has 1 N–H and O–H groups in total. The second kappa shape index (κ2) is 10.1. The Balaban J connectivity index is 1.61. The van der Waals surface area contributed by atoms with E-state index in [9.17, 15) is 18.0 Å². The molecule has 0 aliphatic carbocycles. The molecular weight excluding hydrogens is 452 g/mol. The van der Waals surface area contributed by atoms with Gasteiger partial charge in [-0.2, -0.15) is 5.26 Å². The molecule has 3 rings (SSSR count). The van der Waals surface area contributed by atoms with Gasteiger partial charge in [-0.1, -0.05) is 11.6 Å². The summed E-state index contributed by atoms with van der Waals surface area (Å²) in [5.41, 5.74) is 0. The van der Waals surface area contributed by atoms with E-state index in [0.717, 1.165) is 4.88 Å². The molecule has 1 aromatic rings. The lowest BCUT2D eigenvalue weighted by Gasteiger charge is -2.33. The molecule has 0 radical (unpaired) electrons. The molecule has 2 atom stereocenters. The average Bonchev–Trinajstić information content (AvgIpc) is 3.30. The maximum Gasteiger partial charge on any atom is 0.246 e. The number of hydrogen-bond donors (Lipinski definition) is 1. The van der Waals surface area contributed by atoms with Gasteiger partial charge in [-0.3, -0.25) is 9.59 Å². The minimum atomic E-state index is -3.70. The summed E-state index contributed by atoms with van der Waals surface area (Å²) in [5, 5.41) is 9.16. The number of hydrogen-bond acceptors (Lipinski definition) is 7. The molecule has 2 amide bonds. The molecule has 164 valence electrons. The molecule has 0 saturated carbocycles. The number of likely N-dealkylation sites (tertiary alicyclic amines) is 1. The average molecular weight is 475 g/mol. The molecule has 2 saturated heterocycles. The van der Waals surface area contributed by atoms with Gasteiger partial charge in [0, 0.05) is 24.5 Å². The first kappa shape index (κ1) is 23.0. The topological polar surface area (TPSA) is 120 Å². The second-order valence-corrected chi connectivity index (χ2v) is 10.8. The number of nitrogens with zero attached hydrogens (tertiary/aromatic N) is 3. The van der Waals surface area contributed by atoms with Gasteiger partial charge in [0.1, 0.15) is 12.1 Å². The van der Waals surface area contributed by atoms with E-state index >= 15 is 0 Å². The van der Waals surface area contributed by atoms with Crippen molar-refractivity contribution < 1.29 is 22.7 Å². The van der Waals surface area contributed by atoms with Crippen LogP contribution in [0.15, 0.2) is 12.1 Å². The van der Waals surface area contributed by atoms with Crippen molar-refractivity contribution in [1.82, 2.24) is 14.5 Å². The summed E-state index contributed by atoms with van der Waals surface area (Å²) in [6.45, 7) is 1.86. The lowest BCUT2D eigenvalue weighted by molar-refractivity contribution is -0.146. The van der Waals surface area contributed by atoms with E-state index in [0.29, 0.717) is 37.1 Å². The maximum atomic E-state index is 12.9. The number of sulfonamides is 1. The molecular formula is C18H23ClN4O5S2. The Morgan fingerprint density at radius 3 is 2.73 bits per heavy atom. The minimum absolute atomic E-state index is 0.138. The van der Waals surface area contributed by atoms with Gasteiger partial charge in [0.05, 0.1) is 35.8 Å². The molecule has 2 fully saturated rings. The molecule has 0 spiro atoms. The van der Waals surface area contributed by atoms with Crippen molar-refractivity contribution >= 4 is 44.8 Å². The number of amides is 2. The van der Waals surface area contributed by atoms with Crippen molar-refractivity contribution in [1.29, 1.82) is 5.26 Å². The van der Waals surface area contributed by atoms with Gasteiger partial charge < -0.3 is 14.5 Å². The van der Waals surface area contributed by atoms with Crippen molar-refractivity contribution in [2.75, 3.05) is 38.6 Å². The van der Waals surface area contributed by atoms with E-state index in [1.165, 1.54) is 16.2 Å². The third kappa shape index (κ3) is 5.70. The number of morpholine rings is 1. The number of nitrogens with one attached hydrogen (secondary N) is 1. The van der Waals surface area contributed by atoms with Crippen LogP contribution in [0.5, 0.6) is 0 Å². The first-order valence-electron chi connectivity index (χ1n) is 9.59.